The average Bonchev–Trinajstić information content (AvgIpc) is 2.34. The number of rotatable bonds is 3. The Bertz CT molecular complexity index is 600. The summed E-state index contributed by atoms with van der Waals surface area (Å²) in [7, 11) is -3.74. The number of hydrogen-bond donors (Lipinski definition) is 1. The van der Waals surface area contributed by atoms with Crippen LogP contribution in [0.25, 0.3) is 0 Å². The molecule has 0 aromatic carbocycles. The maximum Gasteiger partial charge on any atom is 0.246 e. The van der Waals surface area contributed by atoms with Crippen LogP contribution in [0.2, 0.25) is 0 Å². The van der Waals surface area contributed by atoms with Gasteiger partial charge in [-0.2, -0.15) is 9.57 Å². The number of nitriles is 1. The Hall–Kier alpha value is -1.49. The second-order valence-corrected chi connectivity index (χ2v) is 6.22. The molecule has 1 aromatic heterocycles. The molecule has 0 radical (unpaired) electrons. The monoisotopic (exact) mass is 267 g/mol. The first kappa shape index (κ1) is 13.0. The SMILES string of the molecule is CCC1(O)CN(S(=O)(=O)c2cccnc2C#N)C1. The zero-order valence-electron chi connectivity index (χ0n) is 9.87. The van der Waals surface area contributed by atoms with Crippen LogP contribution in [0, 0.1) is 11.3 Å². The number of β-amino-alcohol motifs (C(OH)–C–C–N with tert-alkyl or cyclic N) is 1. The van der Waals surface area contributed by atoms with Crippen molar-refractivity contribution in [3.63, 3.8) is 0 Å². The highest BCUT2D eigenvalue weighted by Gasteiger charge is 2.46. The van der Waals surface area contributed by atoms with Crippen LogP contribution in [0.1, 0.15) is 19.0 Å². The third-order valence-electron chi connectivity index (χ3n) is 3.09. The molecule has 2 heterocycles. The highest BCUT2D eigenvalue weighted by molar-refractivity contribution is 7.89. The van der Waals surface area contributed by atoms with E-state index in [1.54, 1.807) is 13.0 Å². The first-order chi connectivity index (χ1) is 8.43. The second kappa shape index (κ2) is 4.31. The van der Waals surface area contributed by atoms with E-state index in [1.165, 1.54) is 18.3 Å². The summed E-state index contributed by atoms with van der Waals surface area (Å²) in [6, 6.07) is 4.58. The maximum absolute atomic E-state index is 12.2. The summed E-state index contributed by atoms with van der Waals surface area (Å²) in [6.07, 6.45) is 1.87. The molecule has 1 aliphatic heterocycles. The molecule has 0 atom stereocenters. The first-order valence-corrected chi connectivity index (χ1v) is 6.94. The molecule has 18 heavy (non-hydrogen) atoms. The molecule has 1 aliphatic rings. The second-order valence-electron chi connectivity index (χ2n) is 4.31. The van der Waals surface area contributed by atoms with E-state index in [4.69, 9.17) is 5.26 Å². The molecule has 1 N–H and O–H groups in total. The van der Waals surface area contributed by atoms with Crippen LogP contribution in [0.3, 0.4) is 0 Å². The van der Waals surface area contributed by atoms with Crippen molar-refractivity contribution in [1.29, 1.82) is 5.26 Å². The van der Waals surface area contributed by atoms with Crippen molar-refractivity contribution in [3.8, 4) is 6.07 Å². The van der Waals surface area contributed by atoms with Crippen molar-refractivity contribution < 1.29 is 13.5 Å². The van der Waals surface area contributed by atoms with E-state index in [-0.39, 0.29) is 23.7 Å². The van der Waals surface area contributed by atoms with Crippen molar-refractivity contribution in [1.82, 2.24) is 9.29 Å². The van der Waals surface area contributed by atoms with Crippen molar-refractivity contribution in [3.05, 3.63) is 24.0 Å². The van der Waals surface area contributed by atoms with E-state index in [9.17, 15) is 13.5 Å². The molecule has 0 unspecified atom stereocenters. The summed E-state index contributed by atoms with van der Waals surface area (Å²) in [5, 5.41) is 18.7. The van der Waals surface area contributed by atoms with Gasteiger partial charge in [-0.15, -0.1) is 0 Å². The Morgan fingerprint density at radius 2 is 2.28 bits per heavy atom. The van der Waals surface area contributed by atoms with E-state index in [0.29, 0.717) is 6.42 Å². The van der Waals surface area contributed by atoms with Gasteiger partial charge in [-0.05, 0) is 18.6 Å². The summed E-state index contributed by atoms with van der Waals surface area (Å²) < 4.78 is 25.6. The van der Waals surface area contributed by atoms with E-state index < -0.39 is 15.6 Å². The highest BCUT2D eigenvalue weighted by Crippen LogP contribution is 2.30. The lowest BCUT2D eigenvalue weighted by atomic mass is 9.94. The molecule has 0 amide bonds. The van der Waals surface area contributed by atoms with Gasteiger partial charge in [-0.1, -0.05) is 6.92 Å². The summed E-state index contributed by atoms with van der Waals surface area (Å²) >= 11 is 0. The van der Waals surface area contributed by atoms with Crippen LogP contribution >= 0.6 is 0 Å². The minimum Gasteiger partial charge on any atom is -0.387 e. The molecule has 7 heteroatoms. The molecular weight excluding hydrogens is 254 g/mol. The van der Waals surface area contributed by atoms with Crippen LogP contribution in [0.5, 0.6) is 0 Å². The van der Waals surface area contributed by atoms with Crippen molar-refractivity contribution >= 4 is 10.0 Å². The highest BCUT2D eigenvalue weighted by atomic mass is 32.2. The Labute approximate surface area is 106 Å². The van der Waals surface area contributed by atoms with Crippen LogP contribution in [-0.4, -0.2) is 41.5 Å². The van der Waals surface area contributed by atoms with Gasteiger partial charge in [0.05, 0.1) is 5.60 Å². The van der Waals surface area contributed by atoms with Crippen LogP contribution in [0.15, 0.2) is 23.2 Å². The molecule has 1 aromatic rings. The van der Waals surface area contributed by atoms with Crippen molar-refractivity contribution in [2.24, 2.45) is 0 Å². The zero-order valence-corrected chi connectivity index (χ0v) is 10.7. The fourth-order valence-corrected chi connectivity index (χ4v) is 3.52. The molecular formula is C11H13N3O3S. The number of sulfonamides is 1. The number of hydrogen-bond acceptors (Lipinski definition) is 5. The molecule has 0 aliphatic carbocycles. The number of aromatic nitrogens is 1. The molecule has 2 rings (SSSR count). The summed E-state index contributed by atoms with van der Waals surface area (Å²) in [6.45, 7) is 1.92. The largest absolute Gasteiger partial charge is 0.387 e. The normalized spacial score (nSPS) is 18.9. The third kappa shape index (κ3) is 1.99. The molecule has 96 valence electrons. The van der Waals surface area contributed by atoms with Gasteiger partial charge in [0.2, 0.25) is 10.0 Å². The molecule has 0 saturated carbocycles. The lowest BCUT2D eigenvalue weighted by molar-refractivity contribution is -0.0613. The smallest absolute Gasteiger partial charge is 0.246 e. The number of aliphatic hydroxyl groups is 1. The zero-order chi connectivity index (χ0) is 13.4. The molecule has 1 saturated heterocycles. The van der Waals surface area contributed by atoms with Gasteiger partial charge >= 0.3 is 0 Å². The van der Waals surface area contributed by atoms with Gasteiger partial charge in [-0.3, -0.25) is 0 Å². The van der Waals surface area contributed by atoms with Crippen molar-refractivity contribution in [2.75, 3.05) is 13.1 Å². The fourth-order valence-electron chi connectivity index (χ4n) is 1.83. The van der Waals surface area contributed by atoms with Crippen LogP contribution in [0.4, 0.5) is 0 Å². The average molecular weight is 267 g/mol. The van der Waals surface area contributed by atoms with Crippen LogP contribution in [-0.2, 0) is 10.0 Å². The van der Waals surface area contributed by atoms with Gasteiger partial charge in [0.15, 0.2) is 5.69 Å². The Balaban J connectivity index is 2.32. The molecule has 6 nitrogen and oxygen atoms in total. The van der Waals surface area contributed by atoms with E-state index in [2.05, 4.69) is 4.98 Å². The fraction of sp³-hybridized carbons (Fsp3) is 0.455. The van der Waals surface area contributed by atoms with E-state index in [0.717, 1.165) is 4.31 Å². The summed E-state index contributed by atoms with van der Waals surface area (Å²) in [5.41, 5.74) is -1.06. The van der Waals surface area contributed by atoms with Gasteiger partial charge in [0.1, 0.15) is 11.0 Å². The predicted molar refractivity (Wildman–Crippen MR) is 63.0 cm³/mol. The maximum atomic E-state index is 12.2. The summed E-state index contributed by atoms with van der Waals surface area (Å²) in [4.78, 5) is 3.63. The van der Waals surface area contributed by atoms with E-state index in [1.807, 2.05) is 0 Å². The lowest BCUT2D eigenvalue weighted by Gasteiger charge is -2.44. The van der Waals surface area contributed by atoms with Gasteiger partial charge in [-0.25, -0.2) is 13.4 Å². The quantitative estimate of drug-likeness (QED) is 0.838. The predicted octanol–water partition coefficient (Wildman–Crippen LogP) is 0.0987. The minimum atomic E-state index is -3.74. The topological polar surface area (TPSA) is 94.3 Å². The number of pyridine rings is 1. The van der Waals surface area contributed by atoms with E-state index >= 15 is 0 Å². The minimum absolute atomic E-state index is 0.0611. The molecule has 0 bridgehead atoms. The third-order valence-corrected chi connectivity index (χ3v) is 4.92. The van der Waals surface area contributed by atoms with Gasteiger partial charge < -0.3 is 5.11 Å². The Morgan fingerprint density at radius 1 is 1.61 bits per heavy atom. The van der Waals surface area contributed by atoms with Gasteiger partial charge in [0.25, 0.3) is 0 Å². The van der Waals surface area contributed by atoms with Crippen LogP contribution < -0.4 is 0 Å². The standard InChI is InChI=1S/C11H13N3O3S/c1-2-11(15)7-14(8-11)18(16,17)10-4-3-5-13-9(10)6-12/h3-5,15H,2,7-8H2,1H3. The lowest BCUT2D eigenvalue weighted by Crippen LogP contribution is -2.62. The molecule has 0 spiro atoms. The molecule has 1 fully saturated rings. The van der Waals surface area contributed by atoms with Gasteiger partial charge in [0, 0.05) is 19.3 Å². The Kier molecular flexibility index (Phi) is 3.11. The van der Waals surface area contributed by atoms with Crippen molar-refractivity contribution in [2.45, 2.75) is 23.8 Å². The number of nitrogens with zero attached hydrogens (tertiary/aromatic N) is 3. The summed E-state index contributed by atoms with van der Waals surface area (Å²) in [5.74, 6) is 0. The first-order valence-electron chi connectivity index (χ1n) is 5.50. The Morgan fingerprint density at radius 3 is 2.83 bits per heavy atom.